The zero-order valence-corrected chi connectivity index (χ0v) is 9.35. The van der Waals surface area contributed by atoms with E-state index in [1.807, 2.05) is 0 Å². The number of nitrogens with one attached hydrogen (secondary N) is 1. The Morgan fingerprint density at radius 2 is 2.06 bits per heavy atom. The van der Waals surface area contributed by atoms with E-state index in [0.29, 0.717) is 12.8 Å². The highest BCUT2D eigenvalue weighted by molar-refractivity contribution is 5.77. The van der Waals surface area contributed by atoms with Crippen LogP contribution in [0.15, 0.2) is 0 Å². The van der Waals surface area contributed by atoms with Gasteiger partial charge in [0.25, 0.3) is 0 Å². The van der Waals surface area contributed by atoms with Gasteiger partial charge in [0.15, 0.2) is 0 Å². The Morgan fingerprint density at radius 3 is 2.47 bits per heavy atom. The molecular formula is C10H16F3NO3. The van der Waals surface area contributed by atoms with Gasteiger partial charge in [-0.2, -0.15) is 13.2 Å². The van der Waals surface area contributed by atoms with Crippen LogP contribution in [0.2, 0.25) is 0 Å². The smallest absolute Gasteiger partial charge is 0.394 e. The van der Waals surface area contributed by atoms with E-state index in [0.717, 1.165) is 6.42 Å². The molecule has 0 unspecified atom stereocenters. The minimum Gasteiger partial charge on any atom is -0.394 e. The number of alkyl halides is 3. The fourth-order valence-electron chi connectivity index (χ4n) is 1.64. The first-order valence-corrected chi connectivity index (χ1v) is 5.43. The monoisotopic (exact) mass is 255 g/mol. The average molecular weight is 255 g/mol. The normalized spacial score (nSPS) is 18.6. The Hall–Kier alpha value is -0.820. The van der Waals surface area contributed by atoms with Gasteiger partial charge < -0.3 is 15.2 Å². The molecule has 1 fully saturated rings. The number of rotatable bonds is 6. The summed E-state index contributed by atoms with van der Waals surface area (Å²) in [6.45, 7) is -1.75. The van der Waals surface area contributed by atoms with Gasteiger partial charge in [-0.05, 0) is 19.3 Å². The third-order valence-electron chi connectivity index (χ3n) is 2.76. The average Bonchev–Trinajstić information content (AvgIpc) is 2.17. The van der Waals surface area contributed by atoms with Crippen LogP contribution in [0, 0.1) is 0 Å². The van der Waals surface area contributed by atoms with E-state index in [1.54, 1.807) is 0 Å². The standard InChI is InChI=1S/C10H16F3NO3/c11-10(12,13)7-17-5-2-8(16)14-9(6-15)3-1-4-9/h15H,1-7H2,(H,14,16). The van der Waals surface area contributed by atoms with Crippen molar-refractivity contribution >= 4 is 5.91 Å². The Balaban J connectivity index is 2.13. The molecule has 2 N–H and O–H groups in total. The van der Waals surface area contributed by atoms with Gasteiger partial charge in [0.2, 0.25) is 5.91 Å². The van der Waals surface area contributed by atoms with E-state index in [9.17, 15) is 18.0 Å². The molecule has 0 aromatic rings. The summed E-state index contributed by atoms with van der Waals surface area (Å²) in [7, 11) is 0. The summed E-state index contributed by atoms with van der Waals surface area (Å²) in [5, 5.41) is 11.7. The molecule has 0 spiro atoms. The lowest BCUT2D eigenvalue weighted by atomic mass is 9.77. The summed E-state index contributed by atoms with van der Waals surface area (Å²) in [6.07, 6.45) is -2.14. The molecule has 1 rings (SSSR count). The largest absolute Gasteiger partial charge is 0.411 e. The van der Waals surface area contributed by atoms with Crippen molar-refractivity contribution in [3.8, 4) is 0 Å². The molecule has 1 amide bonds. The number of carbonyl (C=O) groups excluding carboxylic acids is 1. The summed E-state index contributed by atoms with van der Waals surface area (Å²) < 4.78 is 39.5. The molecule has 0 bridgehead atoms. The Labute approximate surface area is 97.1 Å². The summed E-state index contributed by atoms with van der Waals surface area (Å²) >= 11 is 0. The first kappa shape index (κ1) is 14.2. The molecule has 0 radical (unpaired) electrons. The number of aliphatic hydroxyl groups excluding tert-OH is 1. The van der Waals surface area contributed by atoms with Crippen molar-refractivity contribution in [2.45, 2.75) is 37.4 Å². The van der Waals surface area contributed by atoms with Crippen LogP contribution < -0.4 is 5.32 Å². The predicted molar refractivity (Wildman–Crippen MR) is 53.3 cm³/mol. The van der Waals surface area contributed by atoms with E-state index < -0.39 is 18.3 Å². The van der Waals surface area contributed by atoms with E-state index >= 15 is 0 Å². The Morgan fingerprint density at radius 1 is 1.41 bits per heavy atom. The summed E-state index contributed by atoms with van der Waals surface area (Å²) in [6, 6.07) is 0. The lowest BCUT2D eigenvalue weighted by Gasteiger charge is -2.40. The van der Waals surface area contributed by atoms with Crippen LogP contribution in [0.25, 0.3) is 0 Å². The molecule has 1 saturated carbocycles. The fourth-order valence-corrected chi connectivity index (χ4v) is 1.64. The molecule has 0 atom stereocenters. The molecule has 7 heteroatoms. The fraction of sp³-hybridized carbons (Fsp3) is 0.900. The van der Waals surface area contributed by atoms with Crippen LogP contribution in [0.5, 0.6) is 0 Å². The second-order valence-electron chi connectivity index (χ2n) is 4.26. The van der Waals surface area contributed by atoms with E-state index in [2.05, 4.69) is 10.1 Å². The molecule has 1 aliphatic rings. The van der Waals surface area contributed by atoms with Gasteiger partial charge >= 0.3 is 6.18 Å². The predicted octanol–water partition coefficient (Wildman–Crippen LogP) is 0.987. The maximum Gasteiger partial charge on any atom is 0.411 e. The van der Waals surface area contributed by atoms with Crippen molar-refractivity contribution in [1.82, 2.24) is 5.32 Å². The van der Waals surface area contributed by atoms with Crippen LogP contribution >= 0.6 is 0 Å². The number of ether oxygens (including phenoxy) is 1. The molecule has 0 heterocycles. The molecule has 100 valence electrons. The second-order valence-corrected chi connectivity index (χ2v) is 4.26. The van der Waals surface area contributed by atoms with E-state index in [1.165, 1.54) is 0 Å². The first-order chi connectivity index (χ1) is 7.87. The van der Waals surface area contributed by atoms with Crippen molar-refractivity contribution < 1.29 is 27.8 Å². The van der Waals surface area contributed by atoms with Crippen molar-refractivity contribution in [1.29, 1.82) is 0 Å². The topological polar surface area (TPSA) is 58.6 Å². The van der Waals surface area contributed by atoms with Gasteiger partial charge in [0.05, 0.1) is 18.8 Å². The molecule has 17 heavy (non-hydrogen) atoms. The highest BCUT2D eigenvalue weighted by Crippen LogP contribution is 2.31. The van der Waals surface area contributed by atoms with Gasteiger partial charge in [-0.25, -0.2) is 0 Å². The molecule has 0 aromatic carbocycles. The summed E-state index contributed by atoms with van der Waals surface area (Å²) in [5.41, 5.74) is -0.554. The van der Waals surface area contributed by atoms with Crippen molar-refractivity contribution in [3.63, 3.8) is 0 Å². The van der Waals surface area contributed by atoms with Gasteiger partial charge in [0.1, 0.15) is 6.61 Å². The van der Waals surface area contributed by atoms with E-state index in [-0.39, 0.29) is 25.5 Å². The van der Waals surface area contributed by atoms with Crippen molar-refractivity contribution in [3.05, 3.63) is 0 Å². The minimum absolute atomic E-state index is 0.127. The number of carbonyl (C=O) groups is 1. The summed E-state index contributed by atoms with van der Waals surface area (Å²) in [4.78, 5) is 11.4. The molecule has 0 saturated heterocycles. The van der Waals surface area contributed by atoms with Gasteiger partial charge in [0, 0.05) is 6.42 Å². The second kappa shape index (κ2) is 5.68. The SMILES string of the molecule is O=C(CCOCC(F)(F)F)NC1(CO)CCC1. The van der Waals surface area contributed by atoms with Crippen molar-refractivity contribution in [2.24, 2.45) is 0 Å². The minimum atomic E-state index is -4.36. The number of amides is 1. The van der Waals surface area contributed by atoms with Gasteiger partial charge in [-0.15, -0.1) is 0 Å². The zero-order valence-electron chi connectivity index (χ0n) is 9.35. The van der Waals surface area contributed by atoms with Crippen LogP contribution in [0.1, 0.15) is 25.7 Å². The lowest BCUT2D eigenvalue weighted by molar-refractivity contribution is -0.174. The van der Waals surface area contributed by atoms with Gasteiger partial charge in [-0.1, -0.05) is 0 Å². The van der Waals surface area contributed by atoms with Crippen LogP contribution in [0.3, 0.4) is 0 Å². The maximum atomic E-state index is 11.7. The van der Waals surface area contributed by atoms with Crippen LogP contribution in [-0.4, -0.2) is 42.5 Å². The molecular weight excluding hydrogens is 239 g/mol. The number of hydrogen-bond acceptors (Lipinski definition) is 3. The Kier molecular flexibility index (Phi) is 4.76. The molecule has 4 nitrogen and oxygen atoms in total. The van der Waals surface area contributed by atoms with Crippen LogP contribution in [-0.2, 0) is 9.53 Å². The quantitative estimate of drug-likeness (QED) is 0.696. The molecule has 0 aliphatic heterocycles. The number of halogens is 3. The maximum absolute atomic E-state index is 11.7. The highest BCUT2D eigenvalue weighted by Gasteiger charge is 2.37. The first-order valence-electron chi connectivity index (χ1n) is 5.43. The molecule has 1 aliphatic carbocycles. The van der Waals surface area contributed by atoms with Gasteiger partial charge in [-0.3, -0.25) is 4.79 Å². The zero-order chi connectivity index (χ0) is 12.9. The third kappa shape index (κ3) is 4.91. The van der Waals surface area contributed by atoms with Crippen molar-refractivity contribution in [2.75, 3.05) is 19.8 Å². The third-order valence-corrected chi connectivity index (χ3v) is 2.76. The van der Waals surface area contributed by atoms with E-state index in [4.69, 9.17) is 5.11 Å². The lowest BCUT2D eigenvalue weighted by Crippen LogP contribution is -2.56. The Bertz CT molecular complexity index is 259. The highest BCUT2D eigenvalue weighted by atomic mass is 19.4. The summed E-state index contributed by atoms with van der Waals surface area (Å²) in [5.74, 6) is -0.388. The van der Waals surface area contributed by atoms with Crippen LogP contribution in [0.4, 0.5) is 13.2 Å². The number of aliphatic hydroxyl groups is 1. The molecule has 0 aromatic heterocycles. The number of hydrogen-bond donors (Lipinski definition) is 2.